The van der Waals surface area contributed by atoms with Gasteiger partial charge >= 0.3 is 5.97 Å². The number of carboxylic acids is 1. The summed E-state index contributed by atoms with van der Waals surface area (Å²) in [6.45, 7) is 0. The van der Waals surface area contributed by atoms with Gasteiger partial charge in [-0.25, -0.2) is 4.79 Å². The zero-order valence-electron chi connectivity index (χ0n) is 16.8. The van der Waals surface area contributed by atoms with Crippen LogP contribution in [0.4, 0.5) is 5.69 Å². The van der Waals surface area contributed by atoms with Gasteiger partial charge in [-0.15, -0.1) is 0 Å². The van der Waals surface area contributed by atoms with Crippen LogP contribution in [-0.4, -0.2) is 28.0 Å². The van der Waals surface area contributed by atoms with Gasteiger partial charge in [0.1, 0.15) is 5.57 Å². The van der Waals surface area contributed by atoms with Crippen LogP contribution < -0.4 is 10.2 Å². The van der Waals surface area contributed by atoms with Crippen LogP contribution in [0.25, 0.3) is 6.08 Å². The van der Waals surface area contributed by atoms with Crippen molar-refractivity contribution >= 4 is 70.2 Å². The molecule has 3 aromatic carbocycles. The van der Waals surface area contributed by atoms with Crippen LogP contribution >= 0.6 is 35.6 Å². The molecule has 0 unspecified atom stereocenters. The van der Waals surface area contributed by atoms with Crippen molar-refractivity contribution in [2.75, 3.05) is 4.90 Å². The molecule has 2 N–H and O–H groups in total. The molecule has 0 radical (unpaired) electrons. The highest BCUT2D eigenvalue weighted by molar-refractivity contribution is 7.99. The first-order chi connectivity index (χ1) is 15.8. The Kier molecular flexibility index (Phi) is 6.60. The third-order valence-corrected chi connectivity index (χ3v) is 6.25. The summed E-state index contributed by atoms with van der Waals surface area (Å²) in [7, 11) is 0. The third kappa shape index (κ3) is 5.14. The Bertz CT molecular complexity index is 1300. The first-order valence-electron chi connectivity index (χ1n) is 9.60. The topological polar surface area (TPSA) is 86.7 Å². The second-order valence-electron chi connectivity index (χ2n) is 6.94. The molecule has 3 aromatic rings. The molecule has 2 amide bonds. The number of anilines is 1. The molecule has 0 atom stereocenters. The minimum atomic E-state index is -1.14. The lowest BCUT2D eigenvalue weighted by Crippen LogP contribution is -2.54. The number of nitrogens with zero attached hydrogens (tertiary/aromatic N) is 1. The van der Waals surface area contributed by atoms with Crippen molar-refractivity contribution in [3.63, 3.8) is 0 Å². The van der Waals surface area contributed by atoms with Crippen LogP contribution in [0.3, 0.4) is 0 Å². The van der Waals surface area contributed by atoms with E-state index >= 15 is 0 Å². The van der Waals surface area contributed by atoms with Crippen molar-refractivity contribution in [1.29, 1.82) is 0 Å². The normalized spacial score (nSPS) is 15.0. The minimum Gasteiger partial charge on any atom is -0.478 e. The second kappa shape index (κ2) is 9.58. The van der Waals surface area contributed by atoms with E-state index in [1.165, 1.54) is 24.3 Å². The average molecular weight is 495 g/mol. The van der Waals surface area contributed by atoms with E-state index in [2.05, 4.69) is 5.32 Å². The maximum Gasteiger partial charge on any atom is 0.335 e. The van der Waals surface area contributed by atoms with Gasteiger partial charge in [0, 0.05) is 14.8 Å². The number of hydrogen-bond acceptors (Lipinski definition) is 5. The van der Waals surface area contributed by atoms with E-state index in [0.29, 0.717) is 10.6 Å². The van der Waals surface area contributed by atoms with E-state index in [-0.39, 0.29) is 21.9 Å². The van der Waals surface area contributed by atoms with Gasteiger partial charge in [0.15, 0.2) is 5.11 Å². The van der Waals surface area contributed by atoms with Crippen molar-refractivity contribution in [2.45, 2.75) is 9.79 Å². The third-order valence-electron chi connectivity index (χ3n) is 4.69. The number of hydrogen-bond donors (Lipinski definition) is 2. The maximum atomic E-state index is 13.1. The Balaban J connectivity index is 1.59. The molecule has 0 spiro atoms. The summed E-state index contributed by atoms with van der Waals surface area (Å²) in [6, 6.07) is 20.6. The van der Waals surface area contributed by atoms with Gasteiger partial charge < -0.3 is 5.11 Å². The fourth-order valence-corrected chi connectivity index (χ4v) is 4.33. The summed E-state index contributed by atoms with van der Waals surface area (Å²) in [5.41, 5.74) is 0.799. The summed E-state index contributed by atoms with van der Waals surface area (Å²) in [5, 5.41) is 12.3. The Morgan fingerprint density at radius 3 is 2.27 bits per heavy atom. The molecule has 1 heterocycles. The van der Waals surface area contributed by atoms with Gasteiger partial charge in [0.25, 0.3) is 11.8 Å². The monoisotopic (exact) mass is 494 g/mol. The standard InChI is InChI=1S/C24H15ClN2O4S2/c25-16-6-10-19(11-7-16)33-18-8-4-14(5-9-18)12-20-21(28)26-24(32)27(22(20)29)17-3-1-2-15(13-17)23(30)31/h1-13H,(H,30,31)(H,26,28,32). The molecule has 1 saturated heterocycles. The maximum absolute atomic E-state index is 13.1. The van der Waals surface area contributed by atoms with Gasteiger partial charge in [0.2, 0.25) is 0 Å². The van der Waals surface area contributed by atoms with Crippen LogP contribution in [-0.2, 0) is 9.59 Å². The number of aromatic carboxylic acids is 1. The SMILES string of the molecule is O=C1NC(=S)N(c2cccc(C(=O)O)c2)C(=O)C1=Cc1ccc(Sc2ccc(Cl)cc2)cc1. The lowest BCUT2D eigenvalue weighted by Gasteiger charge is -2.29. The van der Waals surface area contributed by atoms with E-state index in [1.54, 1.807) is 30.0 Å². The number of rotatable bonds is 5. The quantitative estimate of drug-likeness (QED) is 0.294. The van der Waals surface area contributed by atoms with Crippen LogP contribution in [0.2, 0.25) is 5.02 Å². The molecule has 9 heteroatoms. The number of nitrogens with one attached hydrogen (secondary N) is 1. The highest BCUT2D eigenvalue weighted by Gasteiger charge is 2.34. The van der Waals surface area contributed by atoms with Gasteiger partial charge in [-0.1, -0.05) is 41.6 Å². The van der Waals surface area contributed by atoms with Crippen molar-refractivity contribution < 1.29 is 19.5 Å². The summed E-state index contributed by atoms with van der Waals surface area (Å²) in [5.74, 6) is -2.38. The predicted octanol–water partition coefficient (Wildman–Crippen LogP) is 5.02. The number of amides is 2. The summed E-state index contributed by atoms with van der Waals surface area (Å²) in [6.07, 6.45) is 1.48. The first-order valence-corrected chi connectivity index (χ1v) is 11.2. The van der Waals surface area contributed by atoms with Crippen LogP contribution in [0.5, 0.6) is 0 Å². The Morgan fingerprint density at radius 1 is 1.00 bits per heavy atom. The van der Waals surface area contributed by atoms with E-state index in [1.807, 2.05) is 36.4 Å². The number of carbonyl (C=O) groups is 3. The first kappa shape index (κ1) is 22.7. The van der Waals surface area contributed by atoms with Crippen LogP contribution in [0, 0.1) is 0 Å². The molecule has 0 aliphatic carbocycles. The van der Waals surface area contributed by atoms with E-state index in [0.717, 1.165) is 14.7 Å². The van der Waals surface area contributed by atoms with Crippen LogP contribution in [0.15, 0.2) is 88.2 Å². The molecule has 33 heavy (non-hydrogen) atoms. The Hall–Kier alpha value is -3.46. The lowest BCUT2D eigenvalue weighted by molar-refractivity contribution is -0.122. The molecule has 6 nitrogen and oxygen atoms in total. The molecular formula is C24H15ClN2O4S2. The second-order valence-corrected chi connectivity index (χ2v) is 8.91. The molecule has 0 bridgehead atoms. The fourth-order valence-electron chi connectivity index (χ4n) is 3.11. The molecule has 1 aliphatic rings. The van der Waals surface area contributed by atoms with Gasteiger partial charge in [0.05, 0.1) is 11.3 Å². The van der Waals surface area contributed by atoms with Crippen LogP contribution in [0.1, 0.15) is 15.9 Å². The number of thiocarbonyl (C=S) groups is 1. The van der Waals surface area contributed by atoms with E-state index in [4.69, 9.17) is 23.8 Å². The zero-order valence-corrected chi connectivity index (χ0v) is 19.2. The van der Waals surface area contributed by atoms with E-state index in [9.17, 15) is 19.5 Å². The summed E-state index contributed by atoms with van der Waals surface area (Å²) < 4.78 is 0. The predicted molar refractivity (Wildman–Crippen MR) is 132 cm³/mol. The Labute approximate surface area is 203 Å². The molecular weight excluding hydrogens is 480 g/mol. The van der Waals surface area contributed by atoms with Crippen molar-refractivity contribution in [2.24, 2.45) is 0 Å². The molecule has 1 fully saturated rings. The van der Waals surface area contributed by atoms with Crippen molar-refractivity contribution in [3.8, 4) is 0 Å². The number of halogens is 1. The largest absolute Gasteiger partial charge is 0.478 e. The number of benzene rings is 3. The molecule has 1 aliphatic heterocycles. The minimum absolute atomic E-state index is 0.000643. The molecule has 4 rings (SSSR count). The van der Waals surface area contributed by atoms with Crippen molar-refractivity contribution in [1.82, 2.24) is 5.32 Å². The molecule has 164 valence electrons. The highest BCUT2D eigenvalue weighted by Crippen LogP contribution is 2.29. The van der Waals surface area contributed by atoms with Gasteiger partial charge in [-0.3, -0.25) is 19.8 Å². The van der Waals surface area contributed by atoms with Gasteiger partial charge in [-0.05, 0) is 78.5 Å². The average Bonchev–Trinajstić information content (AvgIpc) is 2.79. The van der Waals surface area contributed by atoms with E-state index < -0.39 is 17.8 Å². The van der Waals surface area contributed by atoms with Crippen molar-refractivity contribution in [3.05, 3.63) is 94.5 Å². The Morgan fingerprint density at radius 2 is 1.64 bits per heavy atom. The fraction of sp³-hybridized carbons (Fsp3) is 0. The van der Waals surface area contributed by atoms with Gasteiger partial charge in [-0.2, -0.15) is 0 Å². The smallest absolute Gasteiger partial charge is 0.335 e. The zero-order chi connectivity index (χ0) is 23.5. The summed E-state index contributed by atoms with van der Waals surface area (Å²) >= 11 is 12.6. The summed E-state index contributed by atoms with van der Waals surface area (Å²) in [4.78, 5) is 40.0. The number of carboxylic acid groups (broad SMARTS) is 1. The number of carbonyl (C=O) groups excluding carboxylic acids is 2. The molecule has 0 saturated carbocycles. The lowest BCUT2D eigenvalue weighted by atomic mass is 10.1. The molecule has 0 aromatic heterocycles. The highest BCUT2D eigenvalue weighted by atomic mass is 35.5.